The highest BCUT2D eigenvalue weighted by atomic mass is 19.4. The lowest BCUT2D eigenvalue weighted by molar-refractivity contribution is -0.156. The van der Waals surface area contributed by atoms with Crippen LogP contribution in [0.4, 0.5) is 13.2 Å². The number of hydrogen-bond donors (Lipinski definition) is 1. The van der Waals surface area contributed by atoms with Crippen molar-refractivity contribution in [1.29, 1.82) is 0 Å². The minimum absolute atomic E-state index is 0.664. The molecule has 30 heavy (non-hydrogen) atoms. The Morgan fingerprint density at radius 2 is 1.50 bits per heavy atom. The second-order valence-electron chi connectivity index (χ2n) is 7.46. The Bertz CT molecular complexity index is 984. The number of benzene rings is 2. The number of unbranched alkanes of at least 4 members (excludes halogenated alkanes) is 1. The van der Waals surface area contributed by atoms with Gasteiger partial charge in [0.05, 0.1) is 5.41 Å². The first-order chi connectivity index (χ1) is 14.5. The van der Waals surface area contributed by atoms with Crippen LogP contribution in [0.1, 0.15) is 36.1 Å². The van der Waals surface area contributed by atoms with Gasteiger partial charge in [0, 0.05) is 18.1 Å². The van der Waals surface area contributed by atoms with Gasteiger partial charge in [-0.1, -0.05) is 61.0 Å². The molecule has 1 aliphatic carbocycles. The van der Waals surface area contributed by atoms with Gasteiger partial charge in [0.15, 0.2) is 0 Å². The van der Waals surface area contributed by atoms with Crippen molar-refractivity contribution in [1.82, 2.24) is 10.4 Å². The zero-order valence-electron chi connectivity index (χ0n) is 16.4. The highest BCUT2D eigenvalue weighted by Crippen LogP contribution is 2.50. The third kappa shape index (κ3) is 4.08. The van der Waals surface area contributed by atoms with E-state index in [1.54, 1.807) is 6.20 Å². The van der Waals surface area contributed by atoms with E-state index in [0.717, 1.165) is 47.2 Å². The molecule has 3 aromatic rings. The number of fused-ring (bicyclic) bond motifs is 3. The number of aromatic nitrogens is 1. The molecule has 6 heteroatoms. The van der Waals surface area contributed by atoms with E-state index in [1.165, 1.54) is 11.6 Å². The number of rotatable bonds is 7. The normalized spacial score (nSPS) is 14.5. The molecule has 0 aliphatic heterocycles. The molecule has 4 rings (SSSR count). The van der Waals surface area contributed by atoms with Crippen LogP contribution >= 0.6 is 0 Å². The average molecular weight is 409 g/mol. The van der Waals surface area contributed by atoms with Crippen molar-refractivity contribution >= 4 is 6.21 Å². The molecule has 0 fully saturated rings. The van der Waals surface area contributed by atoms with Gasteiger partial charge in [-0.3, -0.25) is 4.98 Å². The van der Waals surface area contributed by atoms with E-state index < -0.39 is 11.7 Å². The summed E-state index contributed by atoms with van der Waals surface area (Å²) in [5.74, 6) is 0. The van der Waals surface area contributed by atoms with Crippen LogP contribution in [0, 0.1) is 0 Å². The monoisotopic (exact) mass is 409 g/mol. The molecule has 0 spiro atoms. The first kappa shape index (κ1) is 20.1. The fourth-order valence-corrected chi connectivity index (χ4v) is 4.30. The van der Waals surface area contributed by atoms with Gasteiger partial charge in [-0.05, 0) is 53.6 Å². The van der Waals surface area contributed by atoms with Gasteiger partial charge < -0.3 is 0 Å². The predicted molar refractivity (Wildman–Crippen MR) is 112 cm³/mol. The smallest absolute Gasteiger partial charge is 0.261 e. The van der Waals surface area contributed by atoms with Gasteiger partial charge in [0.25, 0.3) is 0 Å². The van der Waals surface area contributed by atoms with Crippen molar-refractivity contribution in [2.24, 2.45) is 5.10 Å². The van der Waals surface area contributed by atoms with Gasteiger partial charge in [-0.2, -0.15) is 5.10 Å². The molecule has 154 valence electrons. The maximum absolute atomic E-state index is 12.7. The molecule has 0 amide bonds. The summed E-state index contributed by atoms with van der Waals surface area (Å²) in [5, 5.41) is 3.62. The molecule has 1 N–H and O–H groups in total. The lowest BCUT2D eigenvalue weighted by Crippen LogP contribution is -2.32. The summed E-state index contributed by atoms with van der Waals surface area (Å²) >= 11 is 0. The van der Waals surface area contributed by atoms with Crippen molar-refractivity contribution in [2.45, 2.75) is 37.4 Å². The Balaban J connectivity index is 1.64. The highest BCUT2D eigenvalue weighted by molar-refractivity contribution is 5.93. The van der Waals surface area contributed by atoms with E-state index in [9.17, 15) is 13.2 Å². The topological polar surface area (TPSA) is 37.3 Å². The molecule has 0 atom stereocenters. The minimum atomic E-state index is -4.56. The molecule has 0 saturated heterocycles. The van der Waals surface area contributed by atoms with E-state index in [0.29, 0.717) is 6.42 Å². The summed E-state index contributed by atoms with van der Waals surface area (Å²) in [5.41, 5.74) is 5.73. The SMILES string of the molecule is FC(F)(F)N/N=C/C1(CCCCc2ccccn2)c2ccccc2-c2ccccc21. The van der Waals surface area contributed by atoms with Gasteiger partial charge >= 0.3 is 6.30 Å². The molecule has 1 aromatic heterocycles. The van der Waals surface area contributed by atoms with E-state index in [-0.39, 0.29) is 0 Å². The lowest BCUT2D eigenvalue weighted by Gasteiger charge is -2.28. The maximum Gasteiger partial charge on any atom is 0.497 e. The van der Waals surface area contributed by atoms with Crippen LogP contribution < -0.4 is 5.43 Å². The molecular formula is C24H22F3N3. The summed E-state index contributed by atoms with van der Waals surface area (Å²) in [7, 11) is 0. The zero-order valence-corrected chi connectivity index (χ0v) is 16.4. The van der Waals surface area contributed by atoms with Crippen molar-refractivity contribution < 1.29 is 13.2 Å². The number of aryl methyl sites for hydroxylation is 1. The number of alkyl halides is 3. The van der Waals surface area contributed by atoms with E-state index >= 15 is 0 Å². The van der Waals surface area contributed by atoms with Gasteiger partial charge in [0.2, 0.25) is 0 Å². The third-order valence-electron chi connectivity index (χ3n) is 5.56. The largest absolute Gasteiger partial charge is 0.497 e. The number of nitrogens with one attached hydrogen (secondary N) is 1. The number of hydrazone groups is 1. The quantitative estimate of drug-likeness (QED) is 0.230. The van der Waals surface area contributed by atoms with Gasteiger partial charge in [-0.25, -0.2) is 5.43 Å². The Kier molecular flexibility index (Phi) is 5.57. The van der Waals surface area contributed by atoms with E-state index in [4.69, 9.17) is 0 Å². The molecule has 1 aliphatic rings. The van der Waals surface area contributed by atoms with Crippen molar-refractivity contribution in [3.8, 4) is 11.1 Å². The standard InChI is InChI=1S/C24H22F3N3/c25-24(26,27)30-29-17-23(15-7-5-9-18-10-6-8-16-28-18)21-13-3-1-11-19(21)20-12-2-4-14-22(20)23/h1-4,6,8,10-14,16-17,30H,5,7,9,15H2/b29-17+. The molecule has 0 saturated carbocycles. The molecule has 0 bridgehead atoms. The number of nitrogens with zero attached hydrogens (tertiary/aromatic N) is 2. The summed E-state index contributed by atoms with van der Waals surface area (Å²) in [4.78, 5) is 4.35. The van der Waals surface area contributed by atoms with Crippen molar-refractivity contribution in [2.75, 3.05) is 0 Å². The Hall–Kier alpha value is -3.15. The Morgan fingerprint density at radius 1 is 0.867 bits per heavy atom. The molecule has 1 heterocycles. The molecule has 0 unspecified atom stereocenters. The fourth-order valence-electron chi connectivity index (χ4n) is 4.30. The zero-order chi connectivity index (χ0) is 21.0. The second-order valence-corrected chi connectivity index (χ2v) is 7.46. The van der Waals surface area contributed by atoms with E-state index in [1.807, 2.05) is 66.7 Å². The Labute approximate surface area is 173 Å². The van der Waals surface area contributed by atoms with Crippen LogP contribution in [0.5, 0.6) is 0 Å². The minimum Gasteiger partial charge on any atom is -0.261 e. The lowest BCUT2D eigenvalue weighted by atomic mass is 9.75. The van der Waals surface area contributed by atoms with Crippen LogP contribution in [0.25, 0.3) is 11.1 Å². The summed E-state index contributed by atoms with van der Waals surface area (Å²) in [6, 6.07) is 21.6. The first-order valence-corrected chi connectivity index (χ1v) is 9.97. The summed E-state index contributed by atoms with van der Waals surface area (Å²) in [6.07, 6.45) is 1.87. The van der Waals surface area contributed by atoms with Gasteiger partial charge in [-0.15, -0.1) is 13.2 Å². The van der Waals surface area contributed by atoms with Crippen molar-refractivity contribution in [3.05, 3.63) is 89.7 Å². The molecular weight excluding hydrogens is 387 g/mol. The third-order valence-corrected chi connectivity index (χ3v) is 5.56. The van der Waals surface area contributed by atoms with Crippen LogP contribution in [-0.4, -0.2) is 17.5 Å². The van der Waals surface area contributed by atoms with Crippen molar-refractivity contribution in [3.63, 3.8) is 0 Å². The van der Waals surface area contributed by atoms with Crippen LogP contribution in [0.3, 0.4) is 0 Å². The predicted octanol–water partition coefficient (Wildman–Crippen LogP) is 5.86. The molecule has 3 nitrogen and oxygen atoms in total. The highest BCUT2D eigenvalue weighted by Gasteiger charge is 2.41. The van der Waals surface area contributed by atoms with Crippen LogP contribution in [0.2, 0.25) is 0 Å². The molecule has 0 radical (unpaired) electrons. The Morgan fingerprint density at radius 3 is 2.10 bits per heavy atom. The first-order valence-electron chi connectivity index (χ1n) is 9.97. The number of hydrogen-bond acceptors (Lipinski definition) is 3. The average Bonchev–Trinajstić information content (AvgIpc) is 3.02. The summed E-state index contributed by atoms with van der Waals surface area (Å²) < 4.78 is 38.1. The molecule has 2 aromatic carbocycles. The number of pyridine rings is 1. The van der Waals surface area contributed by atoms with Gasteiger partial charge in [0.1, 0.15) is 0 Å². The fraction of sp³-hybridized carbons (Fsp3) is 0.250. The maximum atomic E-state index is 12.7. The second kappa shape index (κ2) is 8.30. The summed E-state index contributed by atoms with van der Waals surface area (Å²) in [6.45, 7) is 0. The van der Waals surface area contributed by atoms with Crippen LogP contribution in [0.15, 0.2) is 78.0 Å². The number of halogens is 3. The van der Waals surface area contributed by atoms with E-state index in [2.05, 4.69) is 10.1 Å². The van der Waals surface area contributed by atoms with Crippen LogP contribution in [-0.2, 0) is 11.8 Å².